The molecular weight excluding hydrogens is 284 g/mol. The van der Waals surface area contributed by atoms with Gasteiger partial charge in [0.25, 0.3) is 5.91 Å². The minimum atomic E-state index is -0.420. The lowest BCUT2D eigenvalue weighted by Crippen LogP contribution is -2.45. The van der Waals surface area contributed by atoms with E-state index in [2.05, 4.69) is 26.2 Å². The van der Waals surface area contributed by atoms with Gasteiger partial charge in [0.05, 0.1) is 17.7 Å². The highest BCUT2D eigenvalue weighted by Gasteiger charge is 2.24. The van der Waals surface area contributed by atoms with Gasteiger partial charge in [-0.3, -0.25) is 4.79 Å². The van der Waals surface area contributed by atoms with Crippen LogP contribution < -0.4 is 5.32 Å². The Kier molecular flexibility index (Phi) is 4.12. The molecule has 4 nitrogen and oxygen atoms in total. The lowest BCUT2D eigenvalue weighted by Gasteiger charge is -2.28. The molecule has 2 unspecified atom stereocenters. The minimum Gasteiger partial charge on any atom is -0.391 e. The van der Waals surface area contributed by atoms with Crippen molar-refractivity contribution in [2.24, 2.45) is 0 Å². The first-order chi connectivity index (χ1) is 8.16. The molecule has 1 aliphatic rings. The van der Waals surface area contributed by atoms with Crippen LogP contribution in [-0.2, 0) is 0 Å². The third-order valence-electron chi connectivity index (χ3n) is 3.04. The molecule has 17 heavy (non-hydrogen) atoms. The number of halogens is 1. The van der Waals surface area contributed by atoms with E-state index in [0.29, 0.717) is 10.2 Å². The van der Waals surface area contributed by atoms with Crippen LogP contribution in [0, 0.1) is 0 Å². The number of carbonyl (C=O) groups is 1. The van der Waals surface area contributed by atoms with Crippen molar-refractivity contribution in [3.8, 4) is 0 Å². The maximum absolute atomic E-state index is 11.9. The lowest BCUT2D eigenvalue weighted by molar-refractivity contribution is 0.0717. The average Bonchev–Trinajstić information content (AvgIpc) is 2.33. The zero-order valence-electron chi connectivity index (χ0n) is 9.40. The number of nitrogens with zero attached hydrogens (tertiary/aromatic N) is 1. The van der Waals surface area contributed by atoms with Gasteiger partial charge >= 0.3 is 0 Å². The molecule has 1 aliphatic carbocycles. The lowest BCUT2D eigenvalue weighted by atomic mass is 9.92. The van der Waals surface area contributed by atoms with Crippen LogP contribution in [0.2, 0.25) is 0 Å². The average molecular weight is 299 g/mol. The molecule has 92 valence electrons. The Labute approximate surface area is 109 Å². The summed E-state index contributed by atoms with van der Waals surface area (Å²) in [5, 5.41) is 12.6. The highest BCUT2D eigenvalue weighted by molar-refractivity contribution is 9.10. The van der Waals surface area contributed by atoms with Crippen molar-refractivity contribution < 1.29 is 9.90 Å². The van der Waals surface area contributed by atoms with Crippen molar-refractivity contribution >= 4 is 21.8 Å². The third kappa shape index (κ3) is 3.26. The molecule has 1 aromatic heterocycles. The van der Waals surface area contributed by atoms with E-state index >= 15 is 0 Å². The third-order valence-corrected chi connectivity index (χ3v) is 3.50. The van der Waals surface area contributed by atoms with Crippen LogP contribution in [0.4, 0.5) is 0 Å². The molecule has 2 atom stereocenters. The molecule has 2 rings (SSSR count). The molecule has 0 bridgehead atoms. The smallest absolute Gasteiger partial charge is 0.253 e. The number of carbonyl (C=O) groups excluding carboxylic acids is 1. The summed E-state index contributed by atoms with van der Waals surface area (Å²) in [6.07, 6.45) is 4.80. The number of nitrogens with one attached hydrogen (secondary N) is 1. The number of aliphatic hydroxyl groups is 1. The molecule has 1 saturated carbocycles. The number of aromatic nitrogens is 1. The summed E-state index contributed by atoms with van der Waals surface area (Å²) in [4.78, 5) is 15.9. The molecule has 1 fully saturated rings. The summed E-state index contributed by atoms with van der Waals surface area (Å²) < 4.78 is 0.701. The summed E-state index contributed by atoms with van der Waals surface area (Å²) in [6.45, 7) is 0. The second kappa shape index (κ2) is 5.60. The van der Waals surface area contributed by atoms with Crippen molar-refractivity contribution in [1.29, 1.82) is 0 Å². The molecule has 0 aromatic carbocycles. The minimum absolute atomic E-state index is 0.125. The summed E-state index contributed by atoms with van der Waals surface area (Å²) >= 11 is 3.22. The molecule has 2 N–H and O–H groups in total. The van der Waals surface area contributed by atoms with Crippen molar-refractivity contribution in [3.63, 3.8) is 0 Å². The second-order valence-electron chi connectivity index (χ2n) is 4.30. The number of rotatable bonds is 2. The van der Waals surface area contributed by atoms with Crippen LogP contribution in [0.1, 0.15) is 36.0 Å². The summed E-state index contributed by atoms with van der Waals surface area (Å²) in [7, 11) is 0. The van der Waals surface area contributed by atoms with Crippen LogP contribution in [-0.4, -0.2) is 28.1 Å². The number of hydrogen-bond donors (Lipinski definition) is 2. The van der Waals surface area contributed by atoms with Gasteiger partial charge in [0, 0.05) is 6.20 Å². The topological polar surface area (TPSA) is 62.2 Å². The Balaban J connectivity index is 1.98. The molecule has 0 spiro atoms. The van der Waals surface area contributed by atoms with Gasteiger partial charge in [-0.1, -0.05) is 12.8 Å². The SMILES string of the molecule is O=C(NC1CCCCC1O)c1ccc(Br)nc1. The van der Waals surface area contributed by atoms with E-state index in [1.165, 1.54) is 6.20 Å². The molecule has 1 heterocycles. The van der Waals surface area contributed by atoms with Crippen LogP contribution >= 0.6 is 15.9 Å². The van der Waals surface area contributed by atoms with E-state index in [9.17, 15) is 9.90 Å². The summed E-state index contributed by atoms with van der Waals surface area (Å²) in [6, 6.07) is 3.31. The highest BCUT2D eigenvalue weighted by atomic mass is 79.9. The molecule has 1 aromatic rings. The maximum Gasteiger partial charge on any atom is 0.253 e. The zero-order valence-corrected chi connectivity index (χ0v) is 11.0. The molecule has 0 saturated heterocycles. The highest BCUT2D eigenvalue weighted by Crippen LogP contribution is 2.18. The van der Waals surface area contributed by atoms with Gasteiger partial charge in [0.15, 0.2) is 0 Å². The van der Waals surface area contributed by atoms with Crippen LogP contribution in [0.15, 0.2) is 22.9 Å². The monoisotopic (exact) mass is 298 g/mol. The Morgan fingerprint density at radius 2 is 2.18 bits per heavy atom. The van der Waals surface area contributed by atoms with E-state index in [4.69, 9.17) is 0 Å². The quantitative estimate of drug-likeness (QED) is 0.820. The molecule has 0 aliphatic heterocycles. The van der Waals surface area contributed by atoms with Gasteiger partial charge in [-0.2, -0.15) is 0 Å². The zero-order chi connectivity index (χ0) is 12.3. The maximum atomic E-state index is 11.9. The van der Waals surface area contributed by atoms with Crippen molar-refractivity contribution in [3.05, 3.63) is 28.5 Å². The Morgan fingerprint density at radius 1 is 1.41 bits per heavy atom. The van der Waals surface area contributed by atoms with E-state index < -0.39 is 6.10 Å². The van der Waals surface area contributed by atoms with Gasteiger partial charge in [0.1, 0.15) is 4.60 Å². The molecule has 5 heteroatoms. The van der Waals surface area contributed by atoms with Crippen molar-refractivity contribution in [2.45, 2.75) is 37.8 Å². The normalized spacial score (nSPS) is 24.4. The van der Waals surface area contributed by atoms with Crippen molar-refractivity contribution in [1.82, 2.24) is 10.3 Å². The summed E-state index contributed by atoms with van der Waals surface area (Å²) in [5.74, 6) is -0.170. The Bertz CT molecular complexity index is 394. The van der Waals surface area contributed by atoms with E-state index in [1.54, 1.807) is 12.1 Å². The number of amides is 1. The fourth-order valence-corrected chi connectivity index (χ4v) is 2.28. The number of aliphatic hydroxyl groups excluding tert-OH is 1. The first-order valence-electron chi connectivity index (χ1n) is 5.77. The van der Waals surface area contributed by atoms with Gasteiger partial charge in [-0.15, -0.1) is 0 Å². The largest absolute Gasteiger partial charge is 0.391 e. The first kappa shape index (κ1) is 12.5. The van der Waals surface area contributed by atoms with Crippen LogP contribution in [0.5, 0.6) is 0 Å². The predicted octanol–water partition coefficient (Wildman–Crippen LogP) is 1.88. The number of hydrogen-bond acceptors (Lipinski definition) is 3. The van der Waals surface area contributed by atoms with Crippen LogP contribution in [0.25, 0.3) is 0 Å². The number of pyridine rings is 1. The van der Waals surface area contributed by atoms with Gasteiger partial charge in [-0.05, 0) is 40.9 Å². The first-order valence-corrected chi connectivity index (χ1v) is 6.56. The Morgan fingerprint density at radius 3 is 2.82 bits per heavy atom. The van der Waals surface area contributed by atoms with Crippen molar-refractivity contribution in [2.75, 3.05) is 0 Å². The van der Waals surface area contributed by atoms with Gasteiger partial charge in [0.2, 0.25) is 0 Å². The van der Waals surface area contributed by atoms with Gasteiger partial charge in [-0.25, -0.2) is 4.98 Å². The molecule has 0 radical (unpaired) electrons. The van der Waals surface area contributed by atoms with Crippen LogP contribution in [0.3, 0.4) is 0 Å². The Hall–Kier alpha value is -0.940. The second-order valence-corrected chi connectivity index (χ2v) is 5.11. The van der Waals surface area contributed by atoms with E-state index in [0.717, 1.165) is 25.7 Å². The molecule has 1 amide bonds. The van der Waals surface area contributed by atoms with Gasteiger partial charge < -0.3 is 10.4 Å². The summed E-state index contributed by atoms with van der Waals surface area (Å²) in [5.41, 5.74) is 0.519. The molecular formula is C12H15BrN2O2. The predicted molar refractivity (Wildman–Crippen MR) is 67.7 cm³/mol. The fraction of sp³-hybridized carbons (Fsp3) is 0.500. The fourth-order valence-electron chi connectivity index (χ4n) is 2.04. The van der Waals surface area contributed by atoms with E-state index in [-0.39, 0.29) is 11.9 Å². The standard InChI is InChI=1S/C12H15BrN2O2/c13-11-6-5-8(7-14-11)12(17)15-9-3-1-2-4-10(9)16/h5-7,9-10,16H,1-4H2,(H,15,17). The van der Waals surface area contributed by atoms with E-state index in [1.807, 2.05) is 0 Å².